The number of methoxy groups -OCH3 is 2. The van der Waals surface area contributed by atoms with Gasteiger partial charge in [0.15, 0.2) is 24.1 Å². The van der Waals surface area contributed by atoms with Crippen molar-refractivity contribution in [1.29, 1.82) is 0 Å². The Balaban J connectivity index is 2.03. The van der Waals surface area contributed by atoms with Gasteiger partial charge in [0.05, 0.1) is 24.8 Å². The molecule has 1 aromatic rings. The predicted octanol–water partition coefficient (Wildman–Crippen LogP) is 3.26. The number of amides is 1. The van der Waals surface area contributed by atoms with Crippen molar-refractivity contribution in [2.45, 2.75) is 58.0 Å². The van der Waals surface area contributed by atoms with Gasteiger partial charge in [-0.3, -0.25) is 14.4 Å². The molecule has 2 heterocycles. The standard InChI is InChI=1S/C24H31NO8/c1-14-7-6-8-17(26)23-20(32-24(2,3)33-23)12-21(28)25-16-10-15(30-5)11-19(31-13-29-4)22(16)18(27)9-14/h6,8,10-11,14,20,23H,7,9,12-13H2,1-5H3,(H,25,28)/b8-6+/t14-,20-,23+/m0/s1. The Labute approximate surface area is 193 Å². The lowest BCUT2D eigenvalue weighted by Crippen LogP contribution is -2.33. The minimum atomic E-state index is -1.00. The Hall–Kier alpha value is -2.75. The van der Waals surface area contributed by atoms with Gasteiger partial charge in [-0.05, 0) is 32.3 Å². The van der Waals surface area contributed by atoms with Gasteiger partial charge in [0.1, 0.15) is 23.7 Å². The molecule has 1 N–H and O–H groups in total. The number of rotatable bonds is 4. The molecule has 9 nitrogen and oxygen atoms in total. The van der Waals surface area contributed by atoms with Crippen molar-refractivity contribution in [2.75, 3.05) is 26.3 Å². The lowest BCUT2D eigenvalue weighted by atomic mass is 9.94. The van der Waals surface area contributed by atoms with Crippen LogP contribution in [-0.4, -0.2) is 56.5 Å². The molecule has 9 heteroatoms. The molecule has 0 spiro atoms. The van der Waals surface area contributed by atoms with Crippen molar-refractivity contribution in [3.63, 3.8) is 0 Å². The van der Waals surface area contributed by atoms with Crippen LogP contribution in [0.5, 0.6) is 11.5 Å². The summed E-state index contributed by atoms with van der Waals surface area (Å²) in [5, 5.41) is 2.78. The molecule has 0 aliphatic carbocycles. The fourth-order valence-electron chi connectivity index (χ4n) is 3.95. The highest BCUT2D eigenvalue weighted by atomic mass is 16.8. The normalized spacial score (nSPS) is 26.6. The SMILES string of the molecule is COCOc1cc(OC)cc2c1C(=O)C[C@@H](C)C/C=C/C(=O)[C@H]1OC(C)(C)O[C@H]1CC(=O)N2. The van der Waals surface area contributed by atoms with E-state index in [4.69, 9.17) is 23.7 Å². The zero-order valence-corrected chi connectivity index (χ0v) is 19.6. The quantitative estimate of drug-likeness (QED) is 0.681. The number of benzene rings is 1. The van der Waals surface area contributed by atoms with Gasteiger partial charge in [0.25, 0.3) is 0 Å². The van der Waals surface area contributed by atoms with E-state index in [1.165, 1.54) is 20.3 Å². The van der Waals surface area contributed by atoms with Crippen LogP contribution in [0.3, 0.4) is 0 Å². The van der Waals surface area contributed by atoms with E-state index in [-0.39, 0.29) is 54.1 Å². The lowest BCUT2D eigenvalue weighted by Gasteiger charge is -2.20. The minimum absolute atomic E-state index is 0.0570. The summed E-state index contributed by atoms with van der Waals surface area (Å²) in [6.07, 6.45) is 2.08. The molecule has 33 heavy (non-hydrogen) atoms. The molecular weight excluding hydrogens is 430 g/mol. The Morgan fingerprint density at radius 2 is 1.88 bits per heavy atom. The molecule has 0 unspecified atom stereocenters. The molecule has 1 amide bonds. The highest BCUT2D eigenvalue weighted by Crippen LogP contribution is 2.36. The number of hydrogen-bond donors (Lipinski definition) is 1. The smallest absolute Gasteiger partial charge is 0.227 e. The summed E-state index contributed by atoms with van der Waals surface area (Å²) in [5.74, 6) is -1.32. The fourth-order valence-corrected chi connectivity index (χ4v) is 3.95. The topological polar surface area (TPSA) is 109 Å². The number of carbonyl (C=O) groups is 3. The Morgan fingerprint density at radius 3 is 2.58 bits per heavy atom. The molecule has 180 valence electrons. The molecule has 1 aromatic carbocycles. The van der Waals surface area contributed by atoms with E-state index in [1.54, 1.807) is 32.1 Å². The Kier molecular flexibility index (Phi) is 7.88. The van der Waals surface area contributed by atoms with E-state index in [0.29, 0.717) is 12.2 Å². The van der Waals surface area contributed by atoms with Gasteiger partial charge in [-0.25, -0.2) is 0 Å². The van der Waals surface area contributed by atoms with Gasteiger partial charge in [0, 0.05) is 25.7 Å². The van der Waals surface area contributed by atoms with Gasteiger partial charge >= 0.3 is 0 Å². The van der Waals surface area contributed by atoms with Crippen LogP contribution in [0.2, 0.25) is 0 Å². The van der Waals surface area contributed by atoms with Gasteiger partial charge in [-0.1, -0.05) is 13.0 Å². The molecule has 3 atom stereocenters. The highest BCUT2D eigenvalue weighted by molar-refractivity contribution is 6.07. The van der Waals surface area contributed by atoms with Crippen molar-refractivity contribution in [3.05, 3.63) is 29.8 Å². The first-order valence-electron chi connectivity index (χ1n) is 10.9. The van der Waals surface area contributed by atoms with Gasteiger partial charge in [-0.2, -0.15) is 0 Å². The number of ether oxygens (including phenoxy) is 5. The van der Waals surface area contributed by atoms with Crippen LogP contribution in [0.4, 0.5) is 5.69 Å². The number of anilines is 1. The van der Waals surface area contributed by atoms with Crippen molar-refractivity contribution < 1.29 is 38.1 Å². The summed E-state index contributed by atoms with van der Waals surface area (Å²) in [5.41, 5.74) is 0.502. The third-order valence-electron chi connectivity index (χ3n) is 5.40. The lowest BCUT2D eigenvalue weighted by molar-refractivity contribution is -0.153. The average Bonchev–Trinajstić information content (AvgIpc) is 3.04. The van der Waals surface area contributed by atoms with Gasteiger partial charge < -0.3 is 29.0 Å². The van der Waals surface area contributed by atoms with E-state index < -0.39 is 23.9 Å². The molecular formula is C24H31NO8. The predicted molar refractivity (Wildman–Crippen MR) is 119 cm³/mol. The minimum Gasteiger partial charge on any atom is -0.497 e. The molecule has 1 saturated heterocycles. The van der Waals surface area contributed by atoms with E-state index in [1.807, 2.05) is 6.92 Å². The van der Waals surface area contributed by atoms with Crippen molar-refractivity contribution >= 4 is 23.2 Å². The van der Waals surface area contributed by atoms with Crippen molar-refractivity contribution in [1.82, 2.24) is 0 Å². The Bertz CT molecular complexity index is 939. The number of nitrogens with one attached hydrogen (secondary N) is 1. The van der Waals surface area contributed by atoms with Gasteiger partial charge in [0.2, 0.25) is 5.91 Å². The maximum atomic E-state index is 13.3. The number of Topliss-reactive ketones (excluding diaryl/α,β-unsaturated/α-hetero) is 1. The maximum absolute atomic E-state index is 13.3. The van der Waals surface area contributed by atoms with Crippen LogP contribution in [0.1, 0.15) is 50.4 Å². The summed E-state index contributed by atoms with van der Waals surface area (Å²) < 4.78 is 27.6. The zero-order valence-electron chi connectivity index (χ0n) is 19.6. The second-order valence-corrected chi connectivity index (χ2v) is 8.72. The first-order chi connectivity index (χ1) is 15.6. The van der Waals surface area contributed by atoms with E-state index in [9.17, 15) is 14.4 Å². The highest BCUT2D eigenvalue weighted by Gasteiger charge is 2.45. The number of fused-ring (bicyclic) bond motifs is 2. The fraction of sp³-hybridized carbons (Fsp3) is 0.542. The van der Waals surface area contributed by atoms with Crippen molar-refractivity contribution in [2.24, 2.45) is 5.92 Å². The van der Waals surface area contributed by atoms with Crippen LogP contribution in [0.25, 0.3) is 0 Å². The van der Waals surface area contributed by atoms with Crippen LogP contribution >= 0.6 is 0 Å². The van der Waals surface area contributed by atoms with E-state index in [0.717, 1.165) is 0 Å². The zero-order chi connectivity index (χ0) is 24.2. The Morgan fingerprint density at radius 1 is 1.12 bits per heavy atom. The average molecular weight is 462 g/mol. The van der Waals surface area contributed by atoms with Crippen LogP contribution in [0, 0.1) is 5.92 Å². The summed E-state index contributed by atoms with van der Waals surface area (Å²) >= 11 is 0. The summed E-state index contributed by atoms with van der Waals surface area (Å²) in [4.78, 5) is 39.0. The third kappa shape index (κ3) is 6.19. The molecule has 2 aliphatic heterocycles. The molecule has 0 saturated carbocycles. The van der Waals surface area contributed by atoms with E-state index >= 15 is 0 Å². The molecule has 2 aliphatic rings. The van der Waals surface area contributed by atoms with E-state index in [2.05, 4.69) is 5.32 Å². The van der Waals surface area contributed by atoms with Crippen LogP contribution in [0.15, 0.2) is 24.3 Å². The monoisotopic (exact) mass is 461 g/mol. The maximum Gasteiger partial charge on any atom is 0.227 e. The number of hydrogen-bond acceptors (Lipinski definition) is 8. The van der Waals surface area contributed by atoms with Crippen molar-refractivity contribution in [3.8, 4) is 11.5 Å². The molecule has 0 aromatic heterocycles. The largest absolute Gasteiger partial charge is 0.497 e. The van der Waals surface area contributed by atoms with Gasteiger partial charge in [-0.15, -0.1) is 0 Å². The summed E-state index contributed by atoms with van der Waals surface area (Å²) in [7, 11) is 2.95. The molecule has 0 radical (unpaired) electrons. The third-order valence-corrected chi connectivity index (χ3v) is 5.40. The molecule has 1 fully saturated rings. The number of allylic oxidation sites excluding steroid dienone is 1. The summed E-state index contributed by atoms with van der Waals surface area (Å²) in [6.45, 7) is 5.23. The summed E-state index contributed by atoms with van der Waals surface area (Å²) in [6, 6.07) is 3.15. The van der Waals surface area contributed by atoms with Crippen LogP contribution in [-0.2, 0) is 23.8 Å². The first-order valence-corrected chi connectivity index (χ1v) is 10.9. The molecule has 0 bridgehead atoms. The second kappa shape index (κ2) is 10.5. The molecule has 3 rings (SSSR count). The second-order valence-electron chi connectivity index (χ2n) is 8.72. The van der Waals surface area contributed by atoms with Crippen LogP contribution < -0.4 is 14.8 Å². The number of carbonyl (C=O) groups excluding carboxylic acids is 3. The number of ketones is 2. The first kappa shape index (κ1) is 24.9.